The second kappa shape index (κ2) is 2.22. The fourth-order valence-electron chi connectivity index (χ4n) is 1.02. The molecule has 0 aliphatic carbocycles. The van der Waals surface area contributed by atoms with Crippen LogP contribution in [0.5, 0.6) is 0 Å². The highest BCUT2D eigenvalue weighted by atomic mass is 16.2. The first-order chi connectivity index (χ1) is 4.99. The Morgan fingerprint density at radius 3 is 2.27 bits per heavy atom. The van der Waals surface area contributed by atoms with Crippen LogP contribution in [0.1, 0.15) is 13.8 Å². The van der Waals surface area contributed by atoms with Crippen molar-refractivity contribution in [3.8, 4) is 0 Å². The third-order valence-electron chi connectivity index (χ3n) is 1.67. The number of carbonyl (C=O) groups excluding carboxylic acids is 2. The van der Waals surface area contributed by atoms with Gasteiger partial charge >= 0.3 is 6.03 Å². The highest BCUT2D eigenvalue weighted by molar-refractivity contribution is 6.06. The summed E-state index contributed by atoms with van der Waals surface area (Å²) in [5, 5.41) is 2.54. The second-order valence-corrected chi connectivity index (χ2v) is 3.01. The van der Waals surface area contributed by atoms with Gasteiger partial charge in [-0.3, -0.25) is 9.69 Å². The lowest BCUT2D eigenvalue weighted by atomic mass is 10.1. The van der Waals surface area contributed by atoms with E-state index in [1.165, 1.54) is 0 Å². The Labute approximate surface area is 65.6 Å². The number of rotatable bonds is 1. The molecule has 1 aliphatic heterocycles. The minimum Gasteiger partial charge on any atom is -0.324 e. The average molecular weight is 155 g/mol. The average Bonchev–Trinajstić information content (AvgIpc) is 2.04. The Balaban J connectivity index is 2.88. The van der Waals surface area contributed by atoms with E-state index >= 15 is 0 Å². The van der Waals surface area contributed by atoms with Gasteiger partial charge in [0.25, 0.3) is 5.91 Å². The van der Waals surface area contributed by atoms with Gasteiger partial charge in [-0.25, -0.2) is 4.79 Å². The molecule has 1 rings (SSSR count). The quantitative estimate of drug-likeness (QED) is 0.548. The number of hydrogen-bond donors (Lipinski definition) is 1. The van der Waals surface area contributed by atoms with Crippen molar-refractivity contribution < 1.29 is 9.59 Å². The highest BCUT2D eigenvalue weighted by Crippen LogP contribution is 2.15. The summed E-state index contributed by atoms with van der Waals surface area (Å²) in [6.45, 7) is 7.01. The van der Waals surface area contributed by atoms with Crippen molar-refractivity contribution in [2.75, 3.05) is 6.54 Å². The van der Waals surface area contributed by atoms with Gasteiger partial charge in [-0.2, -0.15) is 0 Å². The molecule has 0 aromatic heterocycles. The van der Waals surface area contributed by atoms with E-state index in [0.717, 1.165) is 4.90 Å². The van der Waals surface area contributed by atoms with Gasteiger partial charge in [-0.05, 0) is 20.8 Å². The predicted octanol–water partition coefficient (Wildman–Crippen LogP) is 0.151. The smallest absolute Gasteiger partial charge is 0.324 e. The summed E-state index contributed by atoms with van der Waals surface area (Å²) >= 11 is 0. The van der Waals surface area contributed by atoms with Crippen LogP contribution in [0.4, 0.5) is 4.79 Å². The van der Waals surface area contributed by atoms with E-state index < -0.39 is 5.54 Å². The van der Waals surface area contributed by atoms with Crippen LogP contribution in [0.15, 0.2) is 0 Å². The summed E-state index contributed by atoms with van der Waals surface area (Å²) in [4.78, 5) is 23.4. The van der Waals surface area contributed by atoms with Gasteiger partial charge in [0, 0.05) is 6.54 Å². The van der Waals surface area contributed by atoms with E-state index in [4.69, 9.17) is 0 Å². The van der Waals surface area contributed by atoms with Gasteiger partial charge in [-0.15, -0.1) is 0 Å². The fraction of sp³-hybridized carbons (Fsp3) is 0.571. The molecule has 0 aromatic carbocycles. The second-order valence-electron chi connectivity index (χ2n) is 3.01. The number of imide groups is 1. The van der Waals surface area contributed by atoms with Crippen LogP contribution in [-0.2, 0) is 4.79 Å². The monoisotopic (exact) mass is 155 g/mol. The number of nitrogens with zero attached hydrogens (tertiary/aromatic N) is 1. The third kappa shape index (κ3) is 1.08. The van der Waals surface area contributed by atoms with Crippen LogP contribution in [0, 0.1) is 6.92 Å². The van der Waals surface area contributed by atoms with Crippen LogP contribution >= 0.6 is 0 Å². The molecule has 0 aromatic rings. The van der Waals surface area contributed by atoms with E-state index in [1.807, 2.05) is 0 Å². The first kappa shape index (κ1) is 8.04. The summed E-state index contributed by atoms with van der Waals surface area (Å²) in [6, 6.07) is -0.352. The molecule has 1 fully saturated rings. The van der Waals surface area contributed by atoms with Crippen molar-refractivity contribution in [3.05, 3.63) is 6.92 Å². The number of urea groups is 1. The van der Waals surface area contributed by atoms with Gasteiger partial charge in [0.1, 0.15) is 5.54 Å². The Hall–Kier alpha value is -1.06. The normalized spacial score (nSPS) is 22.3. The van der Waals surface area contributed by atoms with Crippen LogP contribution in [0.3, 0.4) is 0 Å². The summed E-state index contributed by atoms with van der Waals surface area (Å²) in [5.41, 5.74) is -0.755. The minimum absolute atomic E-state index is 0.189. The summed E-state index contributed by atoms with van der Waals surface area (Å²) in [5.74, 6) is -0.211. The zero-order valence-corrected chi connectivity index (χ0v) is 6.68. The first-order valence-electron chi connectivity index (χ1n) is 3.42. The number of carbonyl (C=O) groups is 2. The Bertz CT molecular complexity index is 210. The molecule has 4 heteroatoms. The van der Waals surface area contributed by atoms with Crippen molar-refractivity contribution in [1.82, 2.24) is 10.2 Å². The molecule has 1 radical (unpaired) electrons. The molecule has 0 saturated carbocycles. The molecule has 0 unspecified atom stereocenters. The van der Waals surface area contributed by atoms with Crippen molar-refractivity contribution in [2.45, 2.75) is 19.4 Å². The lowest BCUT2D eigenvalue weighted by Gasteiger charge is -2.13. The maximum absolute atomic E-state index is 11.3. The zero-order chi connectivity index (χ0) is 8.65. The molecule has 11 heavy (non-hydrogen) atoms. The van der Waals surface area contributed by atoms with Crippen LogP contribution in [0.25, 0.3) is 0 Å². The molecule has 1 heterocycles. The number of amides is 3. The molecule has 61 valence electrons. The Morgan fingerprint density at radius 1 is 1.55 bits per heavy atom. The third-order valence-corrected chi connectivity index (χ3v) is 1.67. The van der Waals surface area contributed by atoms with Gasteiger partial charge in [0.2, 0.25) is 0 Å². The summed E-state index contributed by atoms with van der Waals surface area (Å²) in [7, 11) is 0. The van der Waals surface area contributed by atoms with Crippen LogP contribution in [0.2, 0.25) is 0 Å². The lowest BCUT2D eigenvalue weighted by molar-refractivity contribution is -0.129. The lowest BCUT2D eigenvalue weighted by Crippen LogP contribution is -2.40. The molecule has 4 nitrogen and oxygen atoms in total. The molecular formula is C7H11N2O2. The van der Waals surface area contributed by atoms with Gasteiger partial charge < -0.3 is 5.32 Å². The molecule has 1 aliphatic rings. The van der Waals surface area contributed by atoms with E-state index in [9.17, 15) is 9.59 Å². The van der Waals surface area contributed by atoms with E-state index in [0.29, 0.717) is 0 Å². The number of nitrogens with one attached hydrogen (secondary N) is 1. The standard InChI is InChI=1S/C7H11N2O2/c1-4-9-5(10)7(2,3)8-6(9)11/h1,4H2,2-3H3,(H,8,11). The SMILES string of the molecule is [CH2]CN1C(=O)NC(C)(C)C1=O. The van der Waals surface area contributed by atoms with Crippen molar-refractivity contribution in [2.24, 2.45) is 0 Å². The zero-order valence-electron chi connectivity index (χ0n) is 6.68. The van der Waals surface area contributed by atoms with Gasteiger partial charge in [0.05, 0.1) is 0 Å². The van der Waals surface area contributed by atoms with Crippen LogP contribution < -0.4 is 5.32 Å². The molecule has 0 bridgehead atoms. The van der Waals surface area contributed by atoms with E-state index in [2.05, 4.69) is 12.2 Å². The highest BCUT2D eigenvalue weighted by Gasteiger charge is 2.43. The molecule has 0 atom stereocenters. The van der Waals surface area contributed by atoms with Gasteiger partial charge in [-0.1, -0.05) is 0 Å². The van der Waals surface area contributed by atoms with Crippen molar-refractivity contribution in [3.63, 3.8) is 0 Å². The molecule has 0 spiro atoms. The number of hydrogen-bond acceptors (Lipinski definition) is 2. The molecule has 3 amide bonds. The van der Waals surface area contributed by atoms with Crippen molar-refractivity contribution in [1.29, 1.82) is 0 Å². The molecule has 1 saturated heterocycles. The maximum Gasteiger partial charge on any atom is 0.325 e. The minimum atomic E-state index is -0.755. The van der Waals surface area contributed by atoms with Crippen LogP contribution in [-0.4, -0.2) is 28.9 Å². The molecule has 1 N–H and O–H groups in total. The van der Waals surface area contributed by atoms with Crippen molar-refractivity contribution >= 4 is 11.9 Å². The predicted molar refractivity (Wildman–Crippen MR) is 39.7 cm³/mol. The van der Waals surface area contributed by atoms with E-state index in [-0.39, 0.29) is 18.5 Å². The van der Waals surface area contributed by atoms with Gasteiger partial charge in [0.15, 0.2) is 0 Å². The summed E-state index contributed by atoms with van der Waals surface area (Å²) < 4.78 is 0. The molecular weight excluding hydrogens is 144 g/mol. The maximum atomic E-state index is 11.3. The topological polar surface area (TPSA) is 49.4 Å². The Morgan fingerprint density at radius 2 is 2.09 bits per heavy atom. The first-order valence-corrected chi connectivity index (χ1v) is 3.42. The Kier molecular flexibility index (Phi) is 1.62. The van der Waals surface area contributed by atoms with E-state index in [1.54, 1.807) is 13.8 Å². The fourth-order valence-corrected chi connectivity index (χ4v) is 1.02. The largest absolute Gasteiger partial charge is 0.325 e. The summed E-state index contributed by atoms with van der Waals surface area (Å²) in [6.07, 6.45) is 0.